The minimum absolute atomic E-state index is 0.254. The second-order valence-electron chi connectivity index (χ2n) is 6.92. The maximum atomic E-state index is 10.6. The number of aryl methyl sites for hydroxylation is 2. The van der Waals surface area contributed by atoms with Crippen LogP contribution in [0.2, 0.25) is 0 Å². The predicted molar refractivity (Wildman–Crippen MR) is 83.7 cm³/mol. The third kappa shape index (κ3) is 2.65. The topological polar surface area (TPSA) is 20.2 Å². The lowest BCUT2D eigenvalue weighted by atomic mass is 9.83. The van der Waals surface area contributed by atoms with Crippen molar-refractivity contribution in [2.24, 2.45) is 17.8 Å². The third-order valence-corrected chi connectivity index (χ3v) is 5.79. The molecule has 1 N–H and O–H groups in total. The van der Waals surface area contributed by atoms with Crippen LogP contribution in [0.5, 0.6) is 0 Å². The van der Waals surface area contributed by atoms with Gasteiger partial charge < -0.3 is 5.11 Å². The molecule has 0 heterocycles. The number of fused-ring (bicyclic) bond motifs is 2. The molecular formula is C19H28O. The second-order valence-corrected chi connectivity index (χ2v) is 6.92. The summed E-state index contributed by atoms with van der Waals surface area (Å²) >= 11 is 0. The van der Waals surface area contributed by atoms with E-state index in [9.17, 15) is 5.11 Å². The zero-order chi connectivity index (χ0) is 14.1. The van der Waals surface area contributed by atoms with Crippen molar-refractivity contribution in [1.82, 2.24) is 0 Å². The summed E-state index contributed by atoms with van der Waals surface area (Å²) in [4.78, 5) is 0. The number of hydrogen-bond acceptors (Lipinski definition) is 1. The standard InChI is InChI=1S/C19H28O/c1-3-14-7-8-17(11-15(14)4-2)19(20)12-18-10-13-5-6-16(18)9-13/h7-8,11,13,16,18-20H,3-6,9-10,12H2,1-2H3. The Kier molecular flexibility index (Phi) is 4.16. The smallest absolute Gasteiger partial charge is 0.0792 e. The van der Waals surface area contributed by atoms with Gasteiger partial charge in [-0.2, -0.15) is 0 Å². The van der Waals surface area contributed by atoms with Crippen LogP contribution in [0.3, 0.4) is 0 Å². The lowest BCUT2D eigenvalue weighted by Gasteiger charge is -2.24. The molecule has 0 amide bonds. The Hall–Kier alpha value is -0.820. The zero-order valence-electron chi connectivity index (χ0n) is 12.9. The minimum Gasteiger partial charge on any atom is -0.388 e. The molecule has 4 unspecified atom stereocenters. The van der Waals surface area contributed by atoms with Crippen molar-refractivity contribution in [2.75, 3.05) is 0 Å². The van der Waals surface area contributed by atoms with Gasteiger partial charge in [-0.05, 0) is 73.0 Å². The molecule has 20 heavy (non-hydrogen) atoms. The van der Waals surface area contributed by atoms with Crippen LogP contribution in [0.25, 0.3) is 0 Å². The summed E-state index contributed by atoms with van der Waals surface area (Å²) in [6.07, 6.45) is 8.55. The second kappa shape index (κ2) is 5.89. The Morgan fingerprint density at radius 2 is 1.90 bits per heavy atom. The molecule has 2 saturated carbocycles. The quantitative estimate of drug-likeness (QED) is 0.825. The molecule has 3 rings (SSSR count). The monoisotopic (exact) mass is 272 g/mol. The summed E-state index contributed by atoms with van der Waals surface area (Å²) in [5, 5.41) is 10.6. The van der Waals surface area contributed by atoms with Crippen LogP contribution < -0.4 is 0 Å². The van der Waals surface area contributed by atoms with E-state index in [1.54, 1.807) is 0 Å². The van der Waals surface area contributed by atoms with Crippen LogP contribution in [0.1, 0.15) is 68.7 Å². The van der Waals surface area contributed by atoms with E-state index in [4.69, 9.17) is 0 Å². The first-order valence-corrected chi connectivity index (χ1v) is 8.51. The molecule has 2 aliphatic carbocycles. The average molecular weight is 272 g/mol. The predicted octanol–water partition coefficient (Wildman–Crippen LogP) is 4.67. The van der Waals surface area contributed by atoms with Crippen LogP contribution in [0.4, 0.5) is 0 Å². The summed E-state index contributed by atoms with van der Waals surface area (Å²) in [5.74, 6) is 2.67. The van der Waals surface area contributed by atoms with Crippen molar-refractivity contribution < 1.29 is 5.11 Å². The number of aliphatic hydroxyl groups is 1. The van der Waals surface area contributed by atoms with E-state index in [-0.39, 0.29) is 6.10 Å². The summed E-state index contributed by atoms with van der Waals surface area (Å²) in [5.41, 5.74) is 3.99. The molecule has 0 aromatic heterocycles. The average Bonchev–Trinajstić information content (AvgIpc) is 3.09. The summed E-state index contributed by atoms with van der Waals surface area (Å²) in [6.45, 7) is 4.42. The highest BCUT2D eigenvalue weighted by molar-refractivity contribution is 5.33. The Labute approximate surface area is 123 Å². The van der Waals surface area contributed by atoms with Gasteiger partial charge >= 0.3 is 0 Å². The Balaban J connectivity index is 1.69. The highest BCUT2D eigenvalue weighted by Gasteiger charge is 2.40. The molecule has 1 nitrogen and oxygen atoms in total. The van der Waals surface area contributed by atoms with Gasteiger partial charge in [0.15, 0.2) is 0 Å². The van der Waals surface area contributed by atoms with E-state index in [0.717, 1.165) is 42.6 Å². The van der Waals surface area contributed by atoms with Crippen molar-refractivity contribution in [3.63, 3.8) is 0 Å². The summed E-state index contributed by atoms with van der Waals surface area (Å²) in [6, 6.07) is 6.62. The Morgan fingerprint density at radius 3 is 2.50 bits per heavy atom. The van der Waals surface area contributed by atoms with Gasteiger partial charge in [-0.1, -0.05) is 38.5 Å². The van der Waals surface area contributed by atoms with Crippen LogP contribution in [-0.2, 0) is 12.8 Å². The van der Waals surface area contributed by atoms with Crippen molar-refractivity contribution >= 4 is 0 Å². The number of rotatable bonds is 5. The first-order valence-electron chi connectivity index (χ1n) is 8.51. The molecule has 0 spiro atoms. The third-order valence-electron chi connectivity index (χ3n) is 5.79. The molecule has 2 fully saturated rings. The number of aliphatic hydroxyl groups excluding tert-OH is 1. The molecule has 2 bridgehead atoms. The van der Waals surface area contributed by atoms with Gasteiger partial charge in [-0.25, -0.2) is 0 Å². The fraction of sp³-hybridized carbons (Fsp3) is 0.684. The van der Waals surface area contributed by atoms with Crippen molar-refractivity contribution in [1.29, 1.82) is 0 Å². The van der Waals surface area contributed by atoms with Crippen molar-refractivity contribution in [3.8, 4) is 0 Å². The SMILES string of the molecule is CCc1ccc(C(O)CC2CC3CCC2C3)cc1CC. The fourth-order valence-corrected chi connectivity index (χ4v) is 4.62. The Morgan fingerprint density at radius 1 is 1.10 bits per heavy atom. The molecule has 0 aliphatic heterocycles. The van der Waals surface area contributed by atoms with Gasteiger partial charge in [0.25, 0.3) is 0 Å². The Bertz CT molecular complexity index is 465. The first-order chi connectivity index (χ1) is 9.71. The van der Waals surface area contributed by atoms with E-state index < -0.39 is 0 Å². The van der Waals surface area contributed by atoms with E-state index >= 15 is 0 Å². The van der Waals surface area contributed by atoms with Gasteiger partial charge in [0.2, 0.25) is 0 Å². The van der Waals surface area contributed by atoms with Gasteiger partial charge in [-0.15, -0.1) is 0 Å². The van der Waals surface area contributed by atoms with Crippen LogP contribution in [-0.4, -0.2) is 5.11 Å². The molecule has 1 aromatic carbocycles. The van der Waals surface area contributed by atoms with E-state index in [1.165, 1.54) is 36.8 Å². The highest BCUT2D eigenvalue weighted by atomic mass is 16.3. The van der Waals surface area contributed by atoms with Crippen molar-refractivity contribution in [2.45, 2.75) is 64.9 Å². The summed E-state index contributed by atoms with van der Waals surface area (Å²) in [7, 11) is 0. The molecule has 110 valence electrons. The van der Waals surface area contributed by atoms with Crippen LogP contribution in [0, 0.1) is 17.8 Å². The normalized spacial score (nSPS) is 29.9. The lowest BCUT2D eigenvalue weighted by Crippen LogP contribution is -2.14. The molecule has 0 radical (unpaired) electrons. The lowest BCUT2D eigenvalue weighted by molar-refractivity contribution is 0.125. The van der Waals surface area contributed by atoms with Gasteiger partial charge in [-0.3, -0.25) is 0 Å². The number of benzene rings is 1. The summed E-state index contributed by atoms with van der Waals surface area (Å²) < 4.78 is 0. The maximum absolute atomic E-state index is 10.6. The molecule has 4 atom stereocenters. The number of hydrogen-bond donors (Lipinski definition) is 1. The van der Waals surface area contributed by atoms with E-state index in [2.05, 4.69) is 32.0 Å². The van der Waals surface area contributed by atoms with E-state index in [1.807, 2.05) is 0 Å². The molecule has 2 aliphatic rings. The zero-order valence-corrected chi connectivity index (χ0v) is 12.9. The van der Waals surface area contributed by atoms with Crippen LogP contribution in [0.15, 0.2) is 18.2 Å². The van der Waals surface area contributed by atoms with Crippen molar-refractivity contribution in [3.05, 3.63) is 34.9 Å². The van der Waals surface area contributed by atoms with Gasteiger partial charge in [0, 0.05) is 0 Å². The van der Waals surface area contributed by atoms with Crippen LogP contribution >= 0.6 is 0 Å². The largest absolute Gasteiger partial charge is 0.388 e. The molecule has 0 saturated heterocycles. The molecule has 1 aromatic rings. The first kappa shape index (κ1) is 14.1. The van der Waals surface area contributed by atoms with E-state index in [0.29, 0.717) is 0 Å². The minimum atomic E-state index is -0.254. The molecular weight excluding hydrogens is 244 g/mol. The molecule has 1 heteroatoms. The highest BCUT2D eigenvalue weighted by Crippen LogP contribution is 2.50. The van der Waals surface area contributed by atoms with Gasteiger partial charge in [0.1, 0.15) is 0 Å². The maximum Gasteiger partial charge on any atom is 0.0792 e. The fourth-order valence-electron chi connectivity index (χ4n) is 4.62. The van der Waals surface area contributed by atoms with Gasteiger partial charge in [0.05, 0.1) is 6.10 Å².